The molecule has 0 aliphatic carbocycles. The molecular formula is C17H29NO. The Balaban J connectivity index is 2.61. The predicted octanol–water partition coefficient (Wildman–Crippen LogP) is 4.10. The highest BCUT2D eigenvalue weighted by Gasteiger charge is 2.14. The van der Waals surface area contributed by atoms with Crippen molar-refractivity contribution in [1.82, 2.24) is 5.32 Å². The summed E-state index contributed by atoms with van der Waals surface area (Å²) in [5.74, 6) is 0.686. The first-order chi connectivity index (χ1) is 9.04. The number of hydrogen-bond acceptors (Lipinski definition) is 2. The Labute approximate surface area is 118 Å². The van der Waals surface area contributed by atoms with Gasteiger partial charge in [-0.3, -0.25) is 0 Å². The number of ether oxygens (including phenoxy) is 1. The first-order valence-corrected chi connectivity index (χ1v) is 7.45. The smallest absolute Gasteiger partial charge is 0.0665 e. The number of nitrogens with one attached hydrogen (secondary N) is 1. The van der Waals surface area contributed by atoms with E-state index in [1.807, 2.05) is 0 Å². The van der Waals surface area contributed by atoms with Crippen molar-refractivity contribution >= 4 is 0 Å². The van der Waals surface area contributed by atoms with E-state index < -0.39 is 0 Å². The lowest BCUT2D eigenvalue weighted by Gasteiger charge is -2.23. The molecule has 2 atom stereocenters. The van der Waals surface area contributed by atoms with Gasteiger partial charge in [-0.15, -0.1) is 0 Å². The molecule has 2 unspecified atom stereocenters. The van der Waals surface area contributed by atoms with E-state index in [9.17, 15) is 0 Å². The number of benzene rings is 1. The van der Waals surface area contributed by atoms with Crippen LogP contribution in [0.25, 0.3) is 0 Å². The molecule has 2 nitrogen and oxygen atoms in total. The van der Waals surface area contributed by atoms with Crippen LogP contribution in [0.2, 0.25) is 0 Å². The first kappa shape index (κ1) is 16.2. The van der Waals surface area contributed by atoms with E-state index >= 15 is 0 Å². The van der Waals surface area contributed by atoms with Crippen molar-refractivity contribution in [3.63, 3.8) is 0 Å². The highest BCUT2D eigenvalue weighted by Crippen LogP contribution is 2.19. The molecule has 0 aliphatic heterocycles. The van der Waals surface area contributed by atoms with Crippen molar-refractivity contribution in [2.24, 2.45) is 5.92 Å². The van der Waals surface area contributed by atoms with Gasteiger partial charge in [0.05, 0.1) is 18.8 Å². The maximum Gasteiger partial charge on any atom is 0.0665 e. The van der Waals surface area contributed by atoms with Crippen molar-refractivity contribution in [1.29, 1.82) is 0 Å². The normalized spacial score (nSPS) is 14.6. The van der Waals surface area contributed by atoms with Crippen LogP contribution in [0.15, 0.2) is 24.3 Å². The van der Waals surface area contributed by atoms with Crippen LogP contribution in [0.3, 0.4) is 0 Å². The summed E-state index contributed by atoms with van der Waals surface area (Å²) in [5.41, 5.74) is 2.68. The van der Waals surface area contributed by atoms with E-state index in [0.717, 1.165) is 19.6 Å². The molecule has 0 spiro atoms. The molecule has 1 aromatic carbocycles. The Morgan fingerprint density at radius 2 is 1.84 bits per heavy atom. The maximum atomic E-state index is 6.01. The molecule has 0 heterocycles. The molecule has 1 aromatic rings. The van der Waals surface area contributed by atoms with Gasteiger partial charge in [-0.2, -0.15) is 0 Å². The molecule has 0 amide bonds. The van der Waals surface area contributed by atoms with E-state index in [2.05, 4.69) is 64.2 Å². The van der Waals surface area contributed by atoms with Gasteiger partial charge in [-0.1, -0.05) is 45.0 Å². The van der Waals surface area contributed by atoms with Gasteiger partial charge in [-0.05, 0) is 43.9 Å². The Morgan fingerprint density at radius 3 is 2.42 bits per heavy atom. The average molecular weight is 263 g/mol. The van der Waals surface area contributed by atoms with E-state index in [0.29, 0.717) is 18.1 Å². The van der Waals surface area contributed by atoms with Crippen LogP contribution in [0.5, 0.6) is 0 Å². The topological polar surface area (TPSA) is 21.3 Å². The number of aryl methyl sites for hydroxylation is 1. The fourth-order valence-corrected chi connectivity index (χ4v) is 2.48. The second-order valence-corrected chi connectivity index (χ2v) is 5.74. The molecule has 0 bridgehead atoms. The van der Waals surface area contributed by atoms with Crippen molar-refractivity contribution in [2.75, 3.05) is 13.2 Å². The minimum Gasteiger partial charge on any atom is -0.377 e. The summed E-state index contributed by atoms with van der Waals surface area (Å²) >= 11 is 0. The van der Waals surface area contributed by atoms with Gasteiger partial charge >= 0.3 is 0 Å². The lowest BCUT2D eigenvalue weighted by molar-refractivity contribution is 0.0372. The molecule has 19 heavy (non-hydrogen) atoms. The Morgan fingerprint density at radius 1 is 1.16 bits per heavy atom. The fraction of sp³-hybridized carbons (Fsp3) is 0.647. The lowest BCUT2D eigenvalue weighted by Crippen LogP contribution is -2.28. The highest BCUT2D eigenvalue weighted by atomic mass is 16.5. The predicted molar refractivity (Wildman–Crippen MR) is 82.5 cm³/mol. The van der Waals surface area contributed by atoms with Crippen molar-refractivity contribution < 1.29 is 4.74 Å². The largest absolute Gasteiger partial charge is 0.377 e. The molecule has 0 radical (unpaired) electrons. The third-order valence-electron chi connectivity index (χ3n) is 3.37. The Hall–Kier alpha value is -0.860. The Bertz CT molecular complexity index is 362. The summed E-state index contributed by atoms with van der Waals surface area (Å²) in [6.45, 7) is 12.7. The second-order valence-electron chi connectivity index (χ2n) is 5.74. The molecule has 0 saturated carbocycles. The highest BCUT2D eigenvalue weighted by molar-refractivity contribution is 5.28. The monoisotopic (exact) mass is 263 g/mol. The quantitative estimate of drug-likeness (QED) is 0.762. The molecule has 0 aliphatic rings. The Kier molecular flexibility index (Phi) is 7.11. The van der Waals surface area contributed by atoms with Gasteiger partial charge in [0.1, 0.15) is 0 Å². The van der Waals surface area contributed by atoms with E-state index in [-0.39, 0.29) is 0 Å². The van der Waals surface area contributed by atoms with Gasteiger partial charge in [0, 0.05) is 0 Å². The molecule has 1 N–H and O–H groups in total. The maximum absolute atomic E-state index is 6.01. The van der Waals surface area contributed by atoms with Crippen molar-refractivity contribution in [3.05, 3.63) is 35.4 Å². The van der Waals surface area contributed by atoms with Gasteiger partial charge in [0.2, 0.25) is 0 Å². The van der Waals surface area contributed by atoms with Gasteiger partial charge in [-0.25, -0.2) is 0 Å². The molecule has 2 heteroatoms. The third-order valence-corrected chi connectivity index (χ3v) is 3.37. The van der Waals surface area contributed by atoms with Gasteiger partial charge in [0.25, 0.3) is 0 Å². The van der Waals surface area contributed by atoms with Gasteiger partial charge in [0.15, 0.2) is 0 Å². The van der Waals surface area contributed by atoms with Crippen LogP contribution in [0.4, 0.5) is 0 Å². The average Bonchev–Trinajstić information content (AvgIpc) is 2.34. The molecule has 0 fully saturated rings. The second kappa shape index (κ2) is 8.34. The molecule has 0 saturated heterocycles. The standard InChI is InChI=1S/C17H29NO/c1-6-18-17(12-19-15(5)11-13(2)3)16-10-8-7-9-14(16)4/h7-10,13,15,17-18H,6,11-12H2,1-5H3. The fourth-order valence-electron chi connectivity index (χ4n) is 2.48. The summed E-state index contributed by atoms with van der Waals surface area (Å²) in [5, 5.41) is 3.52. The van der Waals surface area contributed by atoms with Crippen molar-refractivity contribution in [3.8, 4) is 0 Å². The number of likely N-dealkylation sites (N-methyl/N-ethyl adjacent to an activating group) is 1. The van der Waals surface area contributed by atoms with Crippen LogP contribution < -0.4 is 5.32 Å². The van der Waals surface area contributed by atoms with Crippen LogP contribution in [0, 0.1) is 12.8 Å². The van der Waals surface area contributed by atoms with E-state index in [1.165, 1.54) is 11.1 Å². The van der Waals surface area contributed by atoms with Crippen LogP contribution in [-0.4, -0.2) is 19.3 Å². The first-order valence-electron chi connectivity index (χ1n) is 7.45. The van der Waals surface area contributed by atoms with Crippen molar-refractivity contribution in [2.45, 2.75) is 53.2 Å². The third kappa shape index (κ3) is 5.75. The minimum atomic E-state index is 0.292. The van der Waals surface area contributed by atoms with Gasteiger partial charge < -0.3 is 10.1 Å². The molecule has 1 rings (SSSR count). The van der Waals surface area contributed by atoms with Crippen LogP contribution >= 0.6 is 0 Å². The molecule has 108 valence electrons. The number of rotatable bonds is 8. The van der Waals surface area contributed by atoms with E-state index in [1.54, 1.807) is 0 Å². The lowest BCUT2D eigenvalue weighted by atomic mass is 10.0. The zero-order chi connectivity index (χ0) is 14.3. The summed E-state index contributed by atoms with van der Waals surface area (Å²) < 4.78 is 6.01. The minimum absolute atomic E-state index is 0.292. The number of hydrogen-bond donors (Lipinski definition) is 1. The summed E-state index contributed by atoms with van der Waals surface area (Å²) in [4.78, 5) is 0. The SMILES string of the molecule is CCNC(COC(C)CC(C)C)c1ccccc1C. The zero-order valence-electron chi connectivity index (χ0n) is 13.1. The molecular weight excluding hydrogens is 234 g/mol. The zero-order valence-corrected chi connectivity index (χ0v) is 13.1. The van der Waals surface area contributed by atoms with Crippen LogP contribution in [-0.2, 0) is 4.74 Å². The van der Waals surface area contributed by atoms with E-state index in [4.69, 9.17) is 4.74 Å². The summed E-state index contributed by atoms with van der Waals surface area (Å²) in [6.07, 6.45) is 1.44. The summed E-state index contributed by atoms with van der Waals surface area (Å²) in [7, 11) is 0. The summed E-state index contributed by atoms with van der Waals surface area (Å²) in [6, 6.07) is 8.84. The molecule has 0 aromatic heterocycles. The van der Waals surface area contributed by atoms with Crippen LogP contribution in [0.1, 0.15) is 51.3 Å².